The summed E-state index contributed by atoms with van der Waals surface area (Å²) >= 11 is 0. The Morgan fingerprint density at radius 1 is 1.03 bits per heavy atom. The molecule has 0 amide bonds. The van der Waals surface area contributed by atoms with Gasteiger partial charge in [0.05, 0.1) is 7.11 Å². The highest BCUT2D eigenvalue weighted by molar-refractivity contribution is 5.98. The van der Waals surface area contributed by atoms with Crippen molar-refractivity contribution in [2.24, 2.45) is 0 Å². The van der Waals surface area contributed by atoms with Gasteiger partial charge in [-0.05, 0) is 25.3 Å². The molecule has 1 atom stereocenters. The molecule has 3 N–H and O–H groups in total. The third kappa shape index (κ3) is 5.00. The zero-order valence-corrected chi connectivity index (χ0v) is 20.5. The maximum atomic E-state index is 13.0. The minimum absolute atomic E-state index is 0.0221. The molecule has 1 unspecified atom stereocenters. The van der Waals surface area contributed by atoms with Gasteiger partial charge in [-0.15, -0.1) is 0 Å². The molecular weight excluding hydrogens is 456 g/mol. The van der Waals surface area contributed by atoms with Crippen molar-refractivity contribution < 1.29 is 43.9 Å². The first-order valence-corrected chi connectivity index (χ1v) is 11.7. The van der Waals surface area contributed by atoms with Gasteiger partial charge in [0.2, 0.25) is 5.79 Å². The molecule has 1 heterocycles. The van der Waals surface area contributed by atoms with E-state index in [1.165, 1.54) is 20.3 Å². The van der Waals surface area contributed by atoms with Crippen LogP contribution in [0, 0.1) is 0 Å². The van der Waals surface area contributed by atoms with Crippen LogP contribution in [-0.2, 0) is 21.7 Å². The molecule has 35 heavy (non-hydrogen) atoms. The van der Waals surface area contributed by atoms with E-state index in [1.807, 2.05) is 13.8 Å². The Bertz CT molecular complexity index is 1110. The molecule has 2 aromatic rings. The van der Waals surface area contributed by atoms with Crippen molar-refractivity contribution in [1.82, 2.24) is 0 Å². The molecular formula is C26H32O9. The van der Waals surface area contributed by atoms with Crippen molar-refractivity contribution in [2.75, 3.05) is 14.2 Å². The molecule has 0 aliphatic carbocycles. The summed E-state index contributed by atoms with van der Waals surface area (Å²) in [7, 11) is 2.91. The SMILES string of the molecule is CCCCCc1c(Oc2cc(OC)cc3c2C(=O)OC3(CCCC)OC)c(O)cc(O)c1C(=O)O. The van der Waals surface area contributed by atoms with E-state index in [2.05, 4.69) is 0 Å². The minimum Gasteiger partial charge on any atom is -0.507 e. The zero-order chi connectivity index (χ0) is 25.8. The van der Waals surface area contributed by atoms with Gasteiger partial charge in [-0.1, -0.05) is 33.1 Å². The van der Waals surface area contributed by atoms with Gasteiger partial charge in [0.1, 0.15) is 28.4 Å². The van der Waals surface area contributed by atoms with Crippen LogP contribution in [0.25, 0.3) is 0 Å². The molecule has 0 bridgehead atoms. The lowest BCUT2D eigenvalue weighted by Crippen LogP contribution is -2.28. The molecule has 0 radical (unpaired) electrons. The number of phenols is 2. The van der Waals surface area contributed by atoms with Gasteiger partial charge < -0.3 is 34.3 Å². The molecule has 0 aromatic heterocycles. The number of hydrogen-bond acceptors (Lipinski definition) is 8. The summed E-state index contributed by atoms with van der Waals surface area (Å²) in [5, 5.41) is 30.6. The van der Waals surface area contributed by atoms with Gasteiger partial charge in [0.25, 0.3) is 0 Å². The van der Waals surface area contributed by atoms with E-state index in [0.29, 0.717) is 24.2 Å². The van der Waals surface area contributed by atoms with Crippen LogP contribution in [-0.4, -0.2) is 41.5 Å². The third-order valence-electron chi connectivity index (χ3n) is 6.17. The van der Waals surface area contributed by atoms with Crippen molar-refractivity contribution >= 4 is 11.9 Å². The van der Waals surface area contributed by atoms with Crippen molar-refractivity contribution in [3.63, 3.8) is 0 Å². The lowest BCUT2D eigenvalue weighted by Gasteiger charge is -2.27. The molecule has 9 nitrogen and oxygen atoms in total. The van der Waals surface area contributed by atoms with Crippen LogP contribution in [0.5, 0.6) is 28.7 Å². The second kappa shape index (κ2) is 10.9. The molecule has 0 spiro atoms. The fraction of sp³-hybridized carbons (Fsp3) is 0.462. The van der Waals surface area contributed by atoms with Crippen LogP contribution in [0.2, 0.25) is 0 Å². The zero-order valence-electron chi connectivity index (χ0n) is 20.5. The number of methoxy groups -OCH3 is 2. The molecule has 0 saturated heterocycles. The van der Waals surface area contributed by atoms with Crippen LogP contribution in [0.1, 0.15) is 84.2 Å². The summed E-state index contributed by atoms with van der Waals surface area (Å²) in [5.41, 5.74) is 0.310. The number of unbranched alkanes of at least 4 members (excludes halogenated alkanes) is 3. The smallest absolute Gasteiger partial charge is 0.345 e. The Kier molecular flexibility index (Phi) is 8.11. The molecule has 9 heteroatoms. The number of carbonyl (C=O) groups excluding carboxylic acids is 1. The number of cyclic esters (lactones) is 1. The van der Waals surface area contributed by atoms with Gasteiger partial charge in [-0.25, -0.2) is 9.59 Å². The Labute approximate surface area is 204 Å². The molecule has 190 valence electrons. The topological polar surface area (TPSA) is 132 Å². The third-order valence-corrected chi connectivity index (χ3v) is 6.17. The number of benzene rings is 2. The standard InChI is InChI=1S/C26H32O9/c1-5-7-9-10-16-21(24(29)30)18(27)14-19(28)23(16)34-20-13-15(32-3)12-17-22(20)25(31)35-26(17,33-4)11-8-6-2/h12-14,27-28H,5-11H2,1-4H3,(H,29,30). The van der Waals surface area contributed by atoms with Gasteiger partial charge in [0.15, 0.2) is 11.5 Å². The number of carboxylic acids is 1. The largest absolute Gasteiger partial charge is 0.507 e. The van der Waals surface area contributed by atoms with E-state index in [0.717, 1.165) is 31.7 Å². The summed E-state index contributed by atoms with van der Waals surface area (Å²) in [4.78, 5) is 25.0. The monoisotopic (exact) mass is 488 g/mol. The molecule has 3 rings (SSSR count). The van der Waals surface area contributed by atoms with Crippen LogP contribution in [0.3, 0.4) is 0 Å². The number of rotatable bonds is 12. The first kappa shape index (κ1) is 26.2. The van der Waals surface area contributed by atoms with Gasteiger partial charge in [0, 0.05) is 36.8 Å². The average Bonchev–Trinajstić information content (AvgIpc) is 3.11. The van der Waals surface area contributed by atoms with Crippen LogP contribution >= 0.6 is 0 Å². The number of ether oxygens (including phenoxy) is 4. The molecule has 2 aromatic carbocycles. The number of aromatic carboxylic acids is 1. The highest BCUT2D eigenvalue weighted by Crippen LogP contribution is 2.49. The highest BCUT2D eigenvalue weighted by atomic mass is 16.7. The average molecular weight is 489 g/mol. The Hall–Kier alpha value is -3.46. The lowest BCUT2D eigenvalue weighted by atomic mass is 9.96. The second-order valence-corrected chi connectivity index (χ2v) is 8.46. The van der Waals surface area contributed by atoms with Crippen LogP contribution in [0.4, 0.5) is 0 Å². The van der Waals surface area contributed by atoms with E-state index in [1.54, 1.807) is 6.07 Å². The molecule has 0 fully saturated rings. The summed E-state index contributed by atoms with van der Waals surface area (Å²) in [6.45, 7) is 4.01. The van der Waals surface area contributed by atoms with Gasteiger partial charge in [-0.2, -0.15) is 0 Å². The Balaban J connectivity index is 2.20. The maximum absolute atomic E-state index is 13.0. The van der Waals surface area contributed by atoms with E-state index in [4.69, 9.17) is 18.9 Å². The van der Waals surface area contributed by atoms with Crippen LogP contribution in [0.15, 0.2) is 18.2 Å². The number of esters is 1. The second-order valence-electron chi connectivity index (χ2n) is 8.46. The predicted octanol–water partition coefficient (Wildman–Crippen LogP) is 5.49. The number of hydrogen-bond donors (Lipinski definition) is 3. The van der Waals surface area contributed by atoms with E-state index in [9.17, 15) is 24.9 Å². The van der Waals surface area contributed by atoms with Gasteiger partial charge >= 0.3 is 11.9 Å². The van der Waals surface area contributed by atoms with E-state index < -0.39 is 29.2 Å². The number of phenolic OH excluding ortho intramolecular Hbond substituents is 1. The summed E-state index contributed by atoms with van der Waals surface area (Å²) in [5.74, 6) is -4.13. The lowest BCUT2D eigenvalue weighted by molar-refractivity contribution is -0.191. The number of aromatic hydroxyl groups is 2. The van der Waals surface area contributed by atoms with E-state index >= 15 is 0 Å². The number of fused-ring (bicyclic) bond motifs is 1. The summed E-state index contributed by atoms with van der Waals surface area (Å²) < 4.78 is 22.8. The first-order valence-electron chi connectivity index (χ1n) is 11.7. The Morgan fingerprint density at radius 3 is 2.34 bits per heavy atom. The summed E-state index contributed by atoms with van der Waals surface area (Å²) in [6.07, 6.45) is 4.54. The van der Waals surface area contributed by atoms with E-state index in [-0.39, 0.29) is 34.6 Å². The normalized spacial score (nSPS) is 16.6. The fourth-order valence-corrected chi connectivity index (χ4v) is 4.35. The summed E-state index contributed by atoms with van der Waals surface area (Å²) in [6, 6.07) is 4.03. The number of carbonyl (C=O) groups is 2. The van der Waals surface area contributed by atoms with Gasteiger partial charge in [-0.3, -0.25) is 0 Å². The molecule has 0 saturated carbocycles. The maximum Gasteiger partial charge on any atom is 0.345 e. The highest BCUT2D eigenvalue weighted by Gasteiger charge is 2.48. The van der Waals surface area contributed by atoms with Crippen molar-refractivity contribution in [1.29, 1.82) is 0 Å². The van der Waals surface area contributed by atoms with Crippen LogP contribution < -0.4 is 9.47 Å². The van der Waals surface area contributed by atoms with Crippen molar-refractivity contribution in [2.45, 2.75) is 64.6 Å². The van der Waals surface area contributed by atoms with Crippen molar-refractivity contribution in [3.8, 4) is 28.7 Å². The fourth-order valence-electron chi connectivity index (χ4n) is 4.35. The minimum atomic E-state index is -1.35. The van der Waals surface area contributed by atoms with Crippen molar-refractivity contribution in [3.05, 3.63) is 40.5 Å². The number of carboxylic acid groups (broad SMARTS) is 1. The predicted molar refractivity (Wildman–Crippen MR) is 127 cm³/mol. The first-order chi connectivity index (χ1) is 16.7. The Morgan fingerprint density at radius 2 is 1.74 bits per heavy atom. The molecule has 1 aliphatic heterocycles. The molecule has 1 aliphatic rings. The quantitative estimate of drug-likeness (QED) is 0.262.